The van der Waals surface area contributed by atoms with Gasteiger partial charge in [-0.2, -0.15) is 5.10 Å². The van der Waals surface area contributed by atoms with E-state index in [2.05, 4.69) is 32.3 Å². The first-order valence-electron chi connectivity index (χ1n) is 6.56. The summed E-state index contributed by atoms with van der Waals surface area (Å²) in [6.45, 7) is 1.86. The van der Waals surface area contributed by atoms with Crippen LogP contribution in [0.1, 0.15) is 41.0 Å². The quantitative estimate of drug-likeness (QED) is 0.731. The molecule has 0 aliphatic heterocycles. The molecule has 1 amide bonds. The van der Waals surface area contributed by atoms with Gasteiger partial charge in [0.25, 0.3) is 5.91 Å². The number of hydrogen-bond acceptors (Lipinski definition) is 4. The average Bonchev–Trinajstić information content (AvgIpc) is 3.02. The van der Waals surface area contributed by atoms with Crippen LogP contribution >= 0.6 is 0 Å². The number of aromatic nitrogens is 3. The largest absolute Gasteiger partial charge is 0.395 e. The molecule has 0 saturated carbocycles. The van der Waals surface area contributed by atoms with E-state index in [0.29, 0.717) is 12.0 Å². The Morgan fingerprint density at radius 1 is 1.57 bits per heavy atom. The van der Waals surface area contributed by atoms with Crippen LogP contribution in [0, 0.1) is 11.8 Å². The van der Waals surface area contributed by atoms with Crippen LogP contribution in [0.3, 0.4) is 0 Å². The molecule has 1 atom stereocenters. The third kappa shape index (κ3) is 3.91. The Bertz CT molecular complexity index is 656. The lowest BCUT2D eigenvalue weighted by molar-refractivity contribution is 0.0934. The van der Waals surface area contributed by atoms with Gasteiger partial charge in [-0.1, -0.05) is 11.8 Å². The van der Waals surface area contributed by atoms with Gasteiger partial charge in [0.05, 0.1) is 24.4 Å². The molecule has 0 saturated heterocycles. The Kier molecular flexibility index (Phi) is 5.07. The van der Waals surface area contributed by atoms with Crippen LogP contribution in [0.5, 0.6) is 0 Å². The molecule has 0 spiro atoms. The number of aliphatic hydroxyl groups is 1. The standard InChI is InChI=1S/C15H16N4O2/c1-11(13-9-17-18-10-13)19-15(21)14-12(5-2-3-8-20)6-4-7-16-14/h4,6-7,9-11,20H,3,8H2,1H3,(H,17,18)(H,19,21). The van der Waals surface area contributed by atoms with Gasteiger partial charge in [0, 0.05) is 24.4 Å². The number of hydrogen-bond donors (Lipinski definition) is 3. The molecule has 108 valence electrons. The zero-order chi connectivity index (χ0) is 15.1. The molecule has 6 heteroatoms. The normalized spacial score (nSPS) is 11.3. The lowest BCUT2D eigenvalue weighted by Crippen LogP contribution is -2.28. The van der Waals surface area contributed by atoms with Crippen LogP contribution in [0.2, 0.25) is 0 Å². The van der Waals surface area contributed by atoms with Gasteiger partial charge in [0.1, 0.15) is 5.69 Å². The van der Waals surface area contributed by atoms with Crippen molar-refractivity contribution >= 4 is 5.91 Å². The van der Waals surface area contributed by atoms with Crippen molar-refractivity contribution in [2.45, 2.75) is 19.4 Å². The third-order valence-electron chi connectivity index (χ3n) is 2.85. The first kappa shape index (κ1) is 14.8. The molecule has 2 aromatic heterocycles. The number of H-pyrrole nitrogens is 1. The van der Waals surface area contributed by atoms with E-state index in [-0.39, 0.29) is 24.2 Å². The highest BCUT2D eigenvalue weighted by Crippen LogP contribution is 2.11. The summed E-state index contributed by atoms with van der Waals surface area (Å²) in [7, 11) is 0. The average molecular weight is 284 g/mol. The number of rotatable bonds is 4. The fraction of sp³-hybridized carbons (Fsp3) is 0.267. The number of aliphatic hydroxyl groups excluding tert-OH is 1. The van der Waals surface area contributed by atoms with E-state index in [9.17, 15) is 4.79 Å². The predicted octanol–water partition coefficient (Wildman–Crippen LogP) is 1.03. The summed E-state index contributed by atoms with van der Waals surface area (Å²) in [6, 6.07) is 3.27. The van der Waals surface area contributed by atoms with E-state index < -0.39 is 0 Å². The fourth-order valence-electron chi connectivity index (χ4n) is 1.75. The van der Waals surface area contributed by atoms with E-state index in [1.807, 2.05) is 6.92 Å². The van der Waals surface area contributed by atoms with E-state index in [1.165, 1.54) is 0 Å². The Balaban J connectivity index is 2.14. The van der Waals surface area contributed by atoms with Crippen molar-refractivity contribution in [3.8, 4) is 11.8 Å². The van der Waals surface area contributed by atoms with Gasteiger partial charge in [-0.3, -0.25) is 9.89 Å². The van der Waals surface area contributed by atoms with E-state index >= 15 is 0 Å². The highest BCUT2D eigenvalue weighted by molar-refractivity contribution is 5.94. The number of nitrogens with one attached hydrogen (secondary N) is 2. The Hall–Kier alpha value is -2.65. The molecule has 21 heavy (non-hydrogen) atoms. The molecular formula is C15H16N4O2. The molecule has 2 heterocycles. The summed E-state index contributed by atoms with van der Waals surface area (Å²) in [5, 5.41) is 18.2. The predicted molar refractivity (Wildman–Crippen MR) is 77.3 cm³/mol. The minimum atomic E-state index is -0.294. The Labute approximate surface area is 122 Å². The van der Waals surface area contributed by atoms with Gasteiger partial charge in [-0.25, -0.2) is 4.98 Å². The van der Waals surface area contributed by atoms with Crippen LogP contribution in [0.25, 0.3) is 0 Å². The maximum atomic E-state index is 12.3. The SMILES string of the molecule is CC(NC(=O)c1ncccc1C#CCCO)c1cn[nH]c1. The number of nitrogens with zero attached hydrogens (tertiary/aromatic N) is 2. The van der Waals surface area contributed by atoms with Crippen molar-refractivity contribution in [1.29, 1.82) is 0 Å². The summed E-state index contributed by atoms with van der Waals surface area (Å²) in [5.74, 6) is 5.35. The minimum Gasteiger partial charge on any atom is -0.395 e. The topological polar surface area (TPSA) is 90.9 Å². The monoisotopic (exact) mass is 284 g/mol. The molecule has 3 N–H and O–H groups in total. The Morgan fingerprint density at radius 3 is 3.14 bits per heavy atom. The number of carbonyl (C=O) groups excluding carboxylic acids is 1. The van der Waals surface area contributed by atoms with Crippen molar-refractivity contribution in [3.05, 3.63) is 47.5 Å². The smallest absolute Gasteiger partial charge is 0.271 e. The lowest BCUT2D eigenvalue weighted by Gasteiger charge is -2.12. The second kappa shape index (κ2) is 7.22. The molecule has 0 aliphatic rings. The molecule has 6 nitrogen and oxygen atoms in total. The number of pyridine rings is 1. The van der Waals surface area contributed by atoms with Crippen LogP contribution in [0.15, 0.2) is 30.7 Å². The van der Waals surface area contributed by atoms with Gasteiger partial charge < -0.3 is 10.4 Å². The van der Waals surface area contributed by atoms with Crippen molar-refractivity contribution in [2.24, 2.45) is 0 Å². The van der Waals surface area contributed by atoms with Gasteiger partial charge in [-0.15, -0.1) is 0 Å². The molecule has 0 radical (unpaired) electrons. The molecule has 0 aromatic carbocycles. The van der Waals surface area contributed by atoms with Crippen molar-refractivity contribution in [2.75, 3.05) is 6.61 Å². The van der Waals surface area contributed by atoms with Crippen molar-refractivity contribution in [1.82, 2.24) is 20.5 Å². The first-order valence-corrected chi connectivity index (χ1v) is 6.56. The summed E-state index contributed by atoms with van der Waals surface area (Å²) in [4.78, 5) is 16.4. The maximum absolute atomic E-state index is 12.3. The van der Waals surface area contributed by atoms with E-state index in [4.69, 9.17) is 5.11 Å². The molecule has 1 unspecified atom stereocenters. The van der Waals surface area contributed by atoms with Gasteiger partial charge in [0.15, 0.2) is 0 Å². The fourth-order valence-corrected chi connectivity index (χ4v) is 1.75. The summed E-state index contributed by atoms with van der Waals surface area (Å²) >= 11 is 0. The van der Waals surface area contributed by atoms with Crippen LogP contribution in [-0.2, 0) is 0 Å². The molecular weight excluding hydrogens is 268 g/mol. The third-order valence-corrected chi connectivity index (χ3v) is 2.85. The lowest BCUT2D eigenvalue weighted by atomic mass is 10.1. The van der Waals surface area contributed by atoms with Crippen molar-refractivity contribution < 1.29 is 9.90 Å². The maximum Gasteiger partial charge on any atom is 0.271 e. The zero-order valence-corrected chi connectivity index (χ0v) is 11.6. The molecule has 2 rings (SSSR count). The summed E-state index contributed by atoms with van der Waals surface area (Å²) in [6.07, 6.45) is 5.30. The van der Waals surface area contributed by atoms with Crippen LogP contribution in [-0.4, -0.2) is 32.8 Å². The molecule has 0 fully saturated rings. The second-order valence-electron chi connectivity index (χ2n) is 4.40. The van der Waals surface area contributed by atoms with Gasteiger partial charge in [0.2, 0.25) is 0 Å². The molecule has 2 aromatic rings. The zero-order valence-electron chi connectivity index (χ0n) is 11.6. The Morgan fingerprint density at radius 2 is 2.43 bits per heavy atom. The summed E-state index contributed by atoms with van der Waals surface area (Å²) in [5.41, 5.74) is 1.70. The van der Waals surface area contributed by atoms with E-state index in [1.54, 1.807) is 30.7 Å². The van der Waals surface area contributed by atoms with Crippen LogP contribution < -0.4 is 5.32 Å². The minimum absolute atomic E-state index is 0.00762. The highest BCUT2D eigenvalue weighted by atomic mass is 16.2. The number of aromatic amines is 1. The van der Waals surface area contributed by atoms with Crippen molar-refractivity contribution in [3.63, 3.8) is 0 Å². The highest BCUT2D eigenvalue weighted by Gasteiger charge is 2.15. The van der Waals surface area contributed by atoms with E-state index in [0.717, 1.165) is 5.56 Å². The molecule has 0 bridgehead atoms. The number of amides is 1. The van der Waals surface area contributed by atoms with Gasteiger partial charge >= 0.3 is 0 Å². The van der Waals surface area contributed by atoms with Gasteiger partial charge in [-0.05, 0) is 19.1 Å². The second-order valence-corrected chi connectivity index (χ2v) is 4.40. The van der Waals surface area contributed by atoms with Crippen LogP contribution in [0.4, 0.5) is 0 Å². The number of carbonyl (C=O) groups is 1. The first-order chi connectivity index (χ1) is 10.2. The summed E-state index contributed by atoms with van der Waals surface area (Å²) < 4.78 is 0. The molecule has 0 aliphatic carbocycles.